The lowest BCUT2D eigenvalue weighted by Crippen LogP contribution is -2.13. The Bertz CT molecular complexity index is 730. The van der Waals surface area contributed by atoms with Gasteiger partial charge >= 0.3 is 5.97 Å². The maximum atomic E-state index is 13.4. The van der Waals surface area contributed by atoms with Crippen molar-refractivity contribution in [2.24, 2.45) is 0 Å². The summed E-state index contributed by atoms with van der Waals surface area (Å²) in [4.78, 5) is 11.6. The van der Waals surface area contributed by atoms with Gasteiger partial charge in [-0.3, -0.25) is 4.79 Å². The molecule has 24 heavy (non-hydrogen) atoms. The third-order valence-electron chi connectivity index (χ3n) is 3.19. The Morgan fingerprint density at radius 3 is 1.88 bits per heavy atom. The van der Waals surface area contributed by atoms with Crippen molar-refractivity contribution in [2.75, 3.05) is 7.11 Å². The van der Waals surface area contributed by atoms with E-state index in [1.54, 1.807) is 24.3 Å². The molecule has 2 aromatic rings. The van der Waals surface area contributed by atoms with Crippen molar-refractivity contribution in [3.8, 4) is 5.75 Å². The van der Waals surface area contributed by atoms with Crippen LogP contribution >= 0.6 is 0 Å². The number of methoxy groups -OCH3 is 1. The molecule has 0 aromatic heterocycles. The van der Waals surface area contributed by atoms with Gasteiger partial charge in [0.05, 0.1) is 19.1 Å². The number of carbonyl (C=O) groups excluding carboxylic acids is 1. The number of benzene rings is 2. The number of esters is 1. The number of carbonyl (C=O) groups is 1. The molecule has 0 aliphatic heterocycles. The van der Waals surface area contributed by atoms with Crippen LogP contribution in [0.15, 0.2) is 24.3 Å². The molecule has 3 nitrogen and oxygen atoms in total. The van der Waals surface area contributed by atoms with E-state index in [1.807, 2.05) is 0 Å². The first kappa shape index (κ1) is 17.7. The van der Waals surface area contributed by atoms with Crippen molar-refractivity contribution >= 4 is 5.97 Å². The summed E-state index contributed by atoms with van der Waals surface area (Å²) < 4.78 is 75.4. The van der Waals surface area contributed by atoms with Crippen molar-refractivity contribution in [3.63, 3.8) is 0 Å². The van der Waals surface area contributed by atoms with E-state index in [0.29, 0.717) is 11.3 Å². The molecule has 0 spiro atoms. The molecule has 0 aliphatic carbocycles. The van der Waals surface area contributed by atoms with Gasteiger partial charge in [0.2, 0.25) is 5.82 Å². The average Bonchev–Trinajstić information content (AvgIpc) is 2.59. The summed E-state index contributed by atoms with van der Waals surface area (Å²) in [7, 11) is 1.47. The number of halogens is 5. The molecular weight excluding hydrogens is 335 g/mol. The zero-order chi connectivity index (χ0) is 17.9. The van der Waals surface area contributed by atoms with Gasteiger partial charge in [0, 0.05) is 0 Å². The topological polar surface area (TPSA) is 35.5 Å². The van der Waals surface area contributed by atoms with E-state index in [-0.39, 0.29) is 6.42 Å². The highest BCUT2D eigenvalue weighted by Crippen LogP contribution is 2.23. The van der Waals surface area contributed by atoms with Crippen molar-refractivity contribution in [2.45, 2.75) is 13.0 Å². The Hall–Kier alpha value is -2.64. The minimum Gasteiger partial charge on any atom is -0.497 e. The molecule has 0 saturated heterocycles. The van der Waals surface area contributed by atoms with Gasteiger partial charge in [-0.15, -0.1) is 0 Å². The van der Waals surface area contributed by atoms with E-state index in [1.165, 1.54) is 7.11 Å². The summed E-state index contributed by atoms with van der Waals surface area (Å²) in [6.45, 7) is -1.07. The molecule has 0 fully saturated rings. The van der Waals surface area contributed by atoms with Gasteiger partial charge in [-0.25, -0.2) is 22.0 Å². The van der Waals surface area contributed by atoms with Crippen LogP contribution in [-0.2, 0) is 22.6 Å². The molecule has 0 saturated carbocycles. The SMILES string of the molecule is COc1ccc(CC(=O)OCc2c(F)c(F)c(F)c(F)c2F)cc1. The molecule has 2 aromatic carbocycles. The monoisotopic (exact) mass is 346 g/mol. The minimum atomic E-state index is -2.27. The average molecular weight is 346 g/mol. The van der Waals surface area contributed by atoms with Crippen molar-refractivity contribution < 1.29 is 36.2 Å². The van der Waals surface area contributed by atoms with E-state index in [2.05, 4.69) is 4.74 Å². The van der Waals surface area contributed by atoms with Crippen LogP contribution in [0.1, 0.15) is 11.1 Å². The summed E-state index contributed by atoms with van der Waals surface area (Å²) in [5, 5.41) is 0. The maximum Gasteiger partial charge on any atom is 0.310 e. The molecule has 0 heterocycles. The molecule has 128 valence electrons. The van der Waals surface area contributed by atoms with Gasteiger partial charge in [0.1, 0.15) is 12.4 Å². The predicted molar refractivity (Wildman–Crippen MR) is 72.7 cm³/mol. The van der Waals surface area contributed by atoms with Gasteiger partial charge in [0.25, 0.3) is 0 Å². The second-order valence-corrected chi connectivity index (χ2v) is 4.73. The number of hydrogen-bond acceptors (Lipinski definition) is 3. The van der Waals surface area contributed by atoms with Crippen LogP contribution in [0.3, 0.4) is 0 Å². The largest absolute Gasteiger partial charge is 0.497 e. The highest BCUT2D eigenvalue weighted by Gasteiger charge is 2.26. The van der Waals surface area contributed by atoms with Crippen molar-refractivity contribution in [1.29, 1.82) is 0 Å². The van der Waals surface area contributed by atoms with Crippen LogP contribution in [0.2, 0.25) is 0 Å². The van der Waals surface area contributed by atoms with Crippen LogP contribution in [0.4, 0.5) is 22.0 Å². The quantitative estimate of drug-likeness (QED) is 0.359. The zero-order valence-corrected chi connectivity index (χ0v) is 12.3. The molecule has 8 heteroatoms. The van der Waals surface area contributed by atoms with Crippen LogP contribution < -0.4 is 4.74 Å². The van der Waals surface area contributed by atoms with Crippen LogP contribution in [-0.4, -0.2) is 13.1 Å². The van der Waals surface area contributed by atoms with Gasteiger partial charge in [0.15, 0.2) is 23.3 Å². The highest BCUT2D eigenvalue weighted by atomic mass is 19.2. The number of hydrogen-bond donors (Lipinski definition) is 0. The Morgan fingerprint density at radius 1 is 0.875 bits per heavy atom. The molecule has 0 unspecified atom stereocenters. The van der Waals surface area contributed by atoms with E-state index < -0.39 is 47.2 Å². The second-order valence-electron chi connectivity index (χ2n) is 4.73. The Kier molecular flexibility index (Phi) is 5.38. The van der Waals surface area contributed by atoms with Crippen LogP contribution in [0.25, 0.3) is 0 Å². The van der Waals surface area contributed by atoms with Gasteiger partial charge in [-0.2, -0.15) is 0 Å². The fourth-order valence-electron chi connectivity index (χ4n) is 1.89. The summed E-state index contributed by atoms with van der Waals surface area (Å²) in [5.74, 6) is -10.8. The number of rotatable bonds is 5. The van der Waals surface area contributed by atoms with E-state index in [4.69, 9.17) is 4.74 Å². The molecule has 2 rings (SSSR count). The zero-order valence-electron chi connectivity index (χ0n) is 12.3. The van der Waals surface area contributed by atoms with E-state index >= 15 is 0 Å². The molecule has 0 aliphatic rings. The second kappa shape index (κ2) is 7.29. The maximum absolute atomic E-state index is 13.4. The minimum absolute atomic E-state index is 0.237. The lowest BCUT2D eigenvalue weighted by atomic mass is 10.1. The molecular formula is C16H11F5O3. The Balaban J connectivity index is 2.06. The first-order valence-electron chi connectivity index (χ1n) is 6.64. The third-order valence-corrected chi connectivity index (χ3v) is 3.19. The van der Waals surface area contributed by atoms with Crippen LogP contribution in [0.5, 0.6) is 5.75 Å². The lowest BCUT2D eigenvalue weighted by Gasteiger charge is -2.09. The summed E-state index contributed by atoms with van der Waals surface area (Å²) in [6, 6.07) is 6.32. The summed E-state index contributed by atoms with van der Waals surface area (Å²) in [6.07, 6.45) is -0.237. The van der Waals surface area contributed by atoms with Gasteiger partial charge in [-0.1, -0.05) is 12.1 Å². The predicted octanol–water partition coefficient (Wildman–Crippen LogP) is 3.68. The molecule has 0 atom stereocenters. The number of ether oxygens (including phenoxy) is 2. The summed E-state index contributed by atoms with van der Waals surface area (Å²) in [5.41, 5.74) is -0.673. The fourth-order valence-corrected chi connectivity index (χ4v) is 1.89. The summed E-state index contributed by atoms with van der Waals surface area (Å²) >= 11 is 0. The molecule has 0 radical (unpaired) electrons. The van der Waals surface area contributed by atoms with E-state index in [0.717, 1.165) is 0 Å². The fraction of sp³-hybridized carbons (Fsp3) is 0.188. The normalized spacial score (nSPS) is 10.6. The van der Waals surface area contributed by atoms with Gasteiger partial charge in [-0.05, 0) is 17.7 Å². The molecule has 0 bridgehead atoms. The first-order chi connectivity index (χ1) is 11.3. The van der Waals surface area contributed by atoms with E-state index in [9.17, 15) is 26.7 Å². The lowest BCUT2D eigenvalue weighted by molar-refractivity contribution is -0.144. The van der Waals surface area contributed by atoms with Gasteiger partial charge < -0.3 is 9.47 Å². The van der Waals surface area contributed by atoms with Crippen molar-refractivity contribution in [1.82, 2.24) is 0 Å². The van der Waals surface area contributed by atoms with Crippen molar-refractivity contribution in [3.05, 3.63) is 64.5 Å². The molecule has 0 amide bonds. The Labute approximate surface area is 133 Å². The first-order valence-corrected chi connectivity index (χ1v) is 6.64. The Morgan fingerprint density at radius 2 is 1.38 bits per heavy atom. The van der Waals surface area contributed by atoms with Crippen LogP contribution in [0, 0.1) is 29.1 Å². The standard InChI is InChI=1S/C16H11F5O3/c1-23-9-4-2-8(3-5-9)6-11(22)24-7-10-12(17)14(19)16(21)15(20)13(10)18/h2-5H,6-7H2,1H3. The highest BCUT2D eigenvalue weighted by molar-refractivity contribution is 5.72. The third kappa shape index (κ3) is 3.64. The smallest absolute Gasteiger partial charge is 0.310 e. The molecule has 0 N–H and O–H groups in total.